The lowest BCUT2D eigenvalue weighted by atomic mass is 10.2. The number of nitrogens with two attached hydrogens (primary N) is 1. The van der Waals surface area contributed by atoms with E-state index in [-0.39, 0.29) is 12.0 Å². The third-order valence-corrected chi connectivity index (χ3v) is 2.28. The Morgan fingerprint density at radius 2 is 2.33 bits per heavy atom. The van der Waals surface area contributed by atoms with Crippen LogP contribution >= 0.6 is 0 Å². The van der Waals surface area contributed by atoms with Gasteiger partial charge in [-0.25, -0.2) is 5.84 Å². The van der Waals surface area contributed by atoms with Crippen LogP contribution in [0.1, 0.15) is 12.8 Å². The summed E-state index contributed by atoms with van der Waals surface area (Å²) in [5.41, 5.74) is 2.08. The maximum Gasteiger partial charge on any atom is 0.263 e. The molecule has 1 saturated heterocycles. The zero-order chi connectivity index (χ0) is 11.1. The summed E-state index contributed by atoms with van der Waals surface area (Å²) in [5.74, 6) is 4.74. The van der Waals surface area contributed by atoms with Crippen molar-refractivity contribution in [1.29, 1.82) is 0 Å². The minimum atomic E-state index is -0.425. The van der Waals surface area contributed by atoms with Crippen molar-refractivity contribution in [2.24, 2.45) is 5.84 Å². The Labute approximate surface area is 89.0 Å². The average Bonchev–Trinajstić information content (AvgIpc) is 2.72. The van der Waals surface area contributed by atoms with Crippen LogP contribution in [0.4, 0.5) is 0 Å². The zero-order valence-electron chi connectivity index (χ0n) is 8.90. The van der Waals surface area contributed by atoms with Gasteiger partial charge in [0, 0.05) is 7.11 Å². The molecule has 1 aliphatic rings. The molecule has 0 aromatic carbocycles. The van der Waals surface area contributed by atoms with Crippen LogP contribution in [0.3, 0.4) is 0 Å². The molecule has 0 radical (unpaired) electrons. The number of carbonyl (C=O) groups is 1. The molecule has 0 bridgehead atoms. The first-order chi connectivity index (χ1) is 7.27. The highest BCUT2D eigenvalue weighted by Gasteiger charge is 2.30. The van der Waals surface area contributed by atoms with Crippen molar-refractivity contribution < 1.29 is 19.0 Å². The van der Waals surface area contributed by atoms with E-state index in [1.807, 2.05) is 0 Å². The first-order valence-electron chi connectivity index (χ1n) is 5.00. The minimum absolute atomic E-state index is 0.0100. The summed E-state index contributed by atoms with van der Waals surface area (Å²) in [4.78, 5) is 11.1. The van der Waals surface area contributed by atoms with E-state index in [9.17, 15) is 4.79 Å². The quantitative estimate of drug-likeness (QED) is 0.263. The Balaban J connectivity index is 2.11. The molecule has 88 valence electrons. The highest BCUT2D eigenvalue weighted by atomic mass is 16.6. The van der Waals surface area contributed by atoms with Gasteiger partial charge in [0.15, 0.2) is 0 Å². The molecule has 6 heteroatoms. The predicted octanol–water partition coefficient (Wildman–Crippen LogP) is -0.813. The number of rotatable bonds is 6. The number of amides is 1. The number of nitrogens with one attached hydrogen (secondary N) is 1. The molecule has 1 amide bonds. The van der Waals surface area contributed by atoms with Crippen LogP contribution in [0.2, 0.25) is 0 Å². The molecule has 1 fully saturated rings. The fourth-order valence-electron chi connectivity index (χ4n) is 1.47. The van der Waals surface area contributed by atoms with Gasteiger partial charge < -0.3 is 14.2 Å². The maximum absolute atomic E-state index is 11.1. The highest BCUT2D eigenvalue weighted by Crippen LogP contribution is 2.19. The fourth-order valence-corrected chi connectivity index (χ4v) is 1.47. The fraction of sp³-hybridized carbons (Fsp3) is 0.889. The molecule has 0 spiro atoms. The Morgan fingerprint density at radius 3 is 3.00 bits per heavy atom. The Hall–Kier alpha value is -0.690. The van der Waals surface area contributed by atoms with Gasteiger partial charge in [0.05, 0.1) is 25.9 Å². The second-order valence-electron chi connectivity index (χ2n) is 3.40. The monoisotopic (exact) mass is 218 g/mol. The molecule has 2 unspecified atom stereocenters. The van der Waals surface area contributed by atoms with E-state index in [0.29, 0.717) is 26.2 Å². The number of carbonyl (C=O) groups excluding carboxylic acids is 1. The summed E-state index contributed by atoms with van der Waals surface area (Å²) in [7, 11) is 1.62. The number of hydrazine groups is 1. The summed E-state index contributed by atoms with van der Waals surface area (Å²) in [6.45, 7) is 1.61. The number of methoxy groups -OCH3 is 1. The standard InChI is InChI=1S/C9H18N2O4/c1-13-4-5-14-6-7-2-3-8(15-7)9(12)11-10/h7-8H,2-6,10H2,1H3,(H,11,12). The predicted molar refractivity (Wildman–Crippen MR) is 52.9 cm³/mol. The van der Waals surface area contributed by atoms with Crippen molar-refractivity contribution in [3.8, 4) is 0 Å². The Bertz CT molecular complexity index is 201. The molecular formula is C9H18N2O4. The van der Waals surface area contributed by atoms with Crippen LogP contribution in [0.25, 0.3) is 0 Å². The van der Waals surface area contributed by atoms with Gasteiger partial charge in [0.1, 0.15) is 6.10 Å². The number of hydrogen-bond donors (Lipinski definition) is 2. The first kappa shape index (κ1) is 12.4. The molecule has 2 atom stereocenters. The lowest BCUT2D eigenvalue weighted by molar-refractivity contribution is -0.133. The van der Waals surface area contributed by atoms with Crippen molar-refractivity contribution in [2.45, 2.75) is 25.0 Å². The van der Waals surface area contributed by atoms with Crippen LogP contribution in [-0.4, -0.2) is 45.0 Å². The smallest absolute Gasteiger partial charge is 0.263 e. The van der Waals surface area contributed by atoms with Gasteiger partial charge in [0.2, 0.25) is 0 Å². The van der Waals surface area contributed by atoms with E-state index in [2.05, 4.69) is 5.43 Å². The van der Waals surface area contributed by atoms with Crippen molar-refractivity contribution in [1.82, 2.24) is 5.43 Å². The van der Waals surface area contributed by atoms with Gasteiger partial charge in [0.25, 0.3) is 5.91 Å². The second kappa shape index (κ2) is 6.73. The molecule has 6 nitrogen and oxygen atoms in total. The van der Waals surface area contributed by atoms with Gasteiger partial charge in [-0.2, -0.15) is 0 Å². The maximum atomic E-state index is 11.1. The molecule has 3 N–H and O–H groups in total. The van der Waals surface area contributed by atoms with Crippen molar-refractivity contribution in [3.05, 3.63) is 0 Å². The van der Waals surface area contributed by atoms with Gasteiger partial charge in [-0.15, -0.1) is 0 Å². The van der Waals surface area contributed by atoms with E-state index in [4.69, 9.17) is 20.1 Å². The van der Waals surface area contributed by atoms with Crippen LogP contribution in [0.15, 0.2) is 0 Å². The van der Waals surface area contributed by atoms with E-state index in [1.165, 1.54) is 0 Å². The zero-order valence-corrected chi connectivity index (χ0v) is 8.90. The molecule has 1 rings (SSSR count). The largest absolute Gasteiger partial charge is 0.382 e. The topological polar surface area (TPSA) is 82.8 Å². The minimum Gasteiger partial charge on any atom is -0.382 e. The van der Waals surface area contributed by atoms with Crippen molar-refractivity contribution >= 4 is 5.91 Å². The molecule has 0 aromatic heterocycles. The average molecular weight is 218 g/mol. The van der Waals surface area contributed by atoms with Gasteiger partial charge in [-0.1, -0.05) is 0 Å². The van der Waals surface area contributed by atoms with E-state index in [0.717, 1.165) is 6.42 Å². The van der Waals surface area contributed by atoms with Crippen molar-refractivity contribution in [3.63, 3.8) is 0 Å². The van der Waals surface area contributed by atoms with Crippen LogP contribution in [0, 0.1) is 0 Å². The number of hydrogen-bond acceptors (Lipinski definition) is 5. The van der Waals surface area contributed by atoms with E-state index in [1.54, 1.807) is 7.11 Å². The summed E-state index contributed by atoms with van der Waals surface area (Å²) in [6.07, 6.45) is 1.09. The molecule has 1 aliphatic heterocycles. The molecule has 0 saturated carbocycles. The van der Waals surface area contributed by atoms with Crippen LogP contribution in [-0.2, 0) is 19.0 Å². The summed E-state index contributed by atoms with van der Waals surface area (Å²) < 4.78 is 15.6. The number of ether oxygens (including phenoxy) is 3. The third kappa shape index (κ3) is 4.13. The lowest BCUT2D eigenvalue weighted by Crippen LogP contribution is -2.39. The summed E-state index contributed by atoms with van der Waals surface area (Å²) in [5, 5.41) is 0. The summed E-state index contributed by atoms with van der Waals surface area (Å²) >= 11 is 0. The van der Waals surface area contributed by atoms with E-state index >= 15 is 0 Å². The van der Waals surface area contributed by atoms with Crippen LogP contribution in [0.5, 0.6) is 0 Å². The second-order valence-corrected chi connectivity index (χ2v) is 3.40. The van der Waals surface area contributed by atoms with Gasteiger partial charge in [-0.3, -0.25) is 10.2 Å². The Kier molecular flexibility index (Phi) is 5.56. The van der Waals surface area contributed by atoms with Gasteiger partial charge in [-0.05, 0) is 12.8 Å². The SMILES string of the molecule is COCCOCC1CCC(C(=O)NN)O1. The normalized spacial score (nSPS) is 25.5. The molecule has 1 heterocycles. The highest BCUT2D eigenvalue weighted by molar-refractivity contribution is 5.80. The van der Waals surface area contributed by atoms with Crippen molar-refractivity contribution in [2.75, 3.05) is 26.9 Å². The molecule has 0 aliphatic carbocycles. The van der Waals surface area contributed by atoms with Crippen LogP contribution < -0.4 is 11.3 Å². The summed E-state index contributed by atoms with van der Waals surface area (Å²) in [6, 6.07) is 0. The molecule has 15 heavy (non-hydrogen) atoms. The van der Waals surface area contributed by atoms with E-state index < -0.39 is 6.10 Å². The first-order valence-corrected chi connectivity index (χ1v) is 5.00. The Morgan fingerprint density at radius 1 is 1.53 bits per heavy atom. The lowest BCUT2D eigenvalue weighted by Gasteiger charge is -2.12. The molecular weight excluding hydrogens is 200 g/mol. The third-order valence-electron chi connectivity index (χ3n) is 2.28. The van der Waals surface area contributed by atoms with Gasteiger partial charge >= 0.3 is 0 Å². The molecule has 0 aromatic rings.